The Kier molecular flexibility index (Phi) is 4.02. The highest BCUT2D eigenvalue weighted by Crippen LogP contribution is 2.21. The Balaban J connectivity index is 1.75. The van der Waals surface area contributed by atoms with Crippen molar-refractivity contribution in [2.45, 2.75) is 6.61 Å². The molecule has 2 aromatic rings. The van der Waals surface area contributed by atoms with Gasteiger partial charge in [-0.05, 0) is 29.8 Å². The minimum absolute atomic E-state index is 0.553. The molecule has 0 radical (unpaired) electrons. The van der Waals surface area contributed by atoms with E-state index in [-0.39, 0.29) is 0 Å². The van der Waals surface area contributed by atoms with Crippen LogP contribution in [0.25, 0.3) is 0 Å². The Hall–Kier alpha value is -1.81. The van der Waals surface area contributed by atoms with E-state index in [0.29, 0.717) is 6.61 Å². The number of hydrogen-bond acceptors (Lipinski definition) is 3. The predicted octanol–water partition coefficient (Wildman–Crippen LogP) is 3.38. The van der Waals surface area contributed by atoms with Crippen molar-refractivity contribution < 1.29 is 4.74 Å². The predicted molar refractivity (Wildman–Crippen MR) is 84.3 cm³/mol. The molecular formula is C16H15BrN2O. The van der Waals surface area contributed by atoms with Crippen molar-refractivity contribution in [1.82, 2.24) is 5.32 Å². The van der Waals surface area contributed by atoms with Crippen LogP contribution in [0.4, 0.5) is 0 Å². The van der Waals surface area contributed by atoms with E-state index in [2.05, 4.69) is 38.4 Å². The topological polar surface area (TPSA) is 33.6 Å². The van der Waals surface area contributed by atoms with Crippen LogP contribution in [0.5, 0.6) is 5.75 Å². The van der Waals surface area contributed by atoms with E-state index in [1.165, 1.54) is 0 Å². The van der Waals surface area contributed by atoms with Gasteiger partial charge in [-0.15, -0.1) is 0 Å². The second-order valence-corrected chi connectivity index (χ2v) is 5.48. The van der Waals surface area contributed by atoms with E-state index in [1.54, 1.807) is 0 Å². The molecule has 0 bridgehead atoms. The van der Waals surface area contributed by atoms with Gasteiger partial charge in [0.2, 0.25) is 0 Å². The van der Waals surface area contributed by atoms with E-state index in [9.17, 15) is 0 Å². The lowest BCUT2D eigenvalue weighted by Gasteiger charge is -2.11. The number of amidine groups is 1. The minimum atomic E-state index is 0.553. The molecule has 0 saturated carbocycles. The molecule has 0 fully saturated rings. The molecule has 0 unspecified atom stereocenters. The zero-order chi connectivity index (χ0) is 13.8. The fourth-order valence-electron chi connectivity index (χ4n) is 2.11. The van der Waals surface area contributed by atoms with Crippen molar-refractivity contribution in [3.05, 3.63) is 64.1 Å². The van der Waals surface area contributed by atoms with Crippen LogP contribution in [0.2, 0.25) is 0 Å². The van der Waals surface area contributed by atoms with Gasteiger partial charge in [-0.3, -0.25) is 4.99 Å². The molecule has 0 spiro atoms. The van der Waals surface area contributed by atoms with Crippen LogP contribution in [-0.4, -0.2) is 18.9 Å². The number of halogens is 1. The molecule has 1 aliphatic rings. The summed E-state index contributed by atoms with van der Waals surface area (Å²) in [5.41, 5.74) is 2.17. The van der Waals surface area contributed by atoms with Crippen LogP contribution < -0.4 is 10.1 Å². The molecule has 0 aromatic heterocycles. The fraction of sp³-hybridized carbons (Fsp3) is 0.188. The van der Waals surface area contributed by atoms with E-state index in [4.69, 9.17) is 4.74 Å². The number of ether oxygens (including phenoxy) is 1. The van der Waals surface area contributed by atoms with Gasteiger partial charge in [0.15, 0.2) is 0 Å². The third-order valence-electron chi connectivity index (χ3n) is 3.12. The van der Waals surface area contributed by atoms with Crippen LogP contribution in [0.1, 0.15) is 11.1 Å². The molecule has 3 rings (SSSR count). The Morgan fingerprint density at radius 3 is 2.65 bits per heavy atom. The average molecular weight is 331 g/mol. The third kappa shape index (κ3) is 3.02. The Bertz CT molecular complexity index is 623. The number of hydrogen-bond donors (Lipinski definition) is 1. The van der Waals surface area contributed by atoms with Crippen molar-refractivity contribution >= 4 is 21.8 Å². The minimum Gasteiger partial charge on any atom is -0.488 e. The van der Waals surface area contributed by atoms with Gasteiger partial charge in [-0.1, -0.05) is 40.2 Å². The van der Waals surface area contributed by atoms with Crippen molar-refractivity contribution in [2.75, 3.05) is 13.1 Å². The summed E-state index contributed by atoms with van der Waals surface area (Å²) in [6.07, 6.45) is 0. The Labute approximate surface area is 126 Å². The maximum absolute atomic E-state index is 5.94. The standard InChI is InChI=1S/C16H15BrN2O/c17-13-7-5-12(6-8-13)11-20-15-4-2-1-3-14(15)16-18-9-10-19-16/h1-8H,9-11H2,(H,18,19). The summed E-state index contributed by atoms with van der Waals surface area (Å²) in [5, 5.41) is 3.28. The Morgan fingerprint density at radius 1 is 1.10 bits per heavy atom. The highest BCUT2D eigenvalue weighted by molar-refractivity contribution is 9.10. The maximum Gasteiger partial charge on any atom is 0.132 e. The molecule has 4 heteroatoms. The molecule has 0 aliphatic carbocycles. The van der Waals surface area contributed by atoms with Gasteiger partial charge in [0.25, 0.3) is 0 Å². The number of rotatable bonds is 4. The van der Waals surface area contributed by atoms with Crippen LogP contribution in [0.15, 0.2) is 58.0 Å². The summed E-state index contributed by atoms with van der Waals surface area (Å²) in [6, 6.07) is 16.2. The molecule has 0 atom stereocenters. The van der Waals surface area contributed by atoms with E-state index >= 15 is 0 Å². The number of nitrogens with one attached hydrogen (secondary N) is 1. The zero-order valence-corrected chi connectivity index (χ0v) is 12.6. The lowest BCUT2D eigenvalue weighted by molar-refractivity contribution is 0.305. The number of benzene rings is 2. The van der Waals surface area contributed by atoms with Crippen molar-refractivity contribution in [1.29, 1.82) is 0 Å². The smallest absolute Gasteiger partial charge is 0.132 e. The summed E-state index contributed by atoms with van der Waals surface area (Å²) >= 11 is 3.43. The highest BCUT2D eigenvalue weighted by atomic mass is 79.9. The maximum atomic E-state index is 5.94. The largest absolute Gasteiger partial charge is 0.488 e. The second-order valence-electron chi connectivity index (χ2n) is 4.57. The summed E-state index contributed by atoms with van der Waals surface area (Å²) in [7, 11) is 0. The quantitative estimate of drug-likeness (QED) is 0.932. The van der Waals surface area contributed by atoms with E-state index in [1.807, 2.05) is 36.4 Å². The molecule has 1 N–H and O–H groups in total. The first-order chi connectivity index (χ1) is 9.83. The summed E-state index contributed by atoms with van der Waals surface area (Å²) in [4.78, 5) is 4.45. The normalized spacial score (nSPS) is 13.8. The number of para-hydroxylation sites is 1. The molecule has 20 heavy (non-hydrogen) atoms. The van der Waals surface area contributed by atoms with Gasteiger partial charge in [-0.2, -0.15) is 0 Å². The van der Waals surface area contributed by atoms with Crippen LogP contribution >= 0.6 is 15.9 Å². The average Bonchev–Trinajstić information content (AvgIpc) is 3.01. The van der Waals surface area contributed by atoms with Crippen LogP contribution in [-0.2, 0) is 6.61 Å². The summed E-state index contributed by atoms with van der Waals surface area (Å²) < 4.78 is 7.01. The molecule has 102 valence electrons. The van der Waals surface area contributed by atoms with Gasteiger partial charge < -0.3 is 10.1 Å². The van der Waals surface area contributed by atoms with Crippen LogP contribution in [0.3, 0.4) is 0 Å². The first-order valence-electron chi connectivity index (χ1n) is 6.58. The van der Waals surface area contributed by atoms with E-state index < -0.39 is 0 Å². The molecule has 1 heterocycles. The van der Waals surface area contributed by atoms with Gasteiger partial charge >= 0.3 is 0 Å². The Morgan fingerprint density at radius 2 is 1.90 bits per heavy atom. The molecule has 3 nitrogen and oxygen atoms in total. The second kappa shape index (κ2) is 6.09. The summed E-state index contributed by atoms with van der Waals surface area (Å²) in [5.74, 6) is 1.79. The van der Waals surface area contributed by atoms with Crippen molar-refractivity contribution in [3.8, 4) is 5.75 Å². The third-order valence-corrected chi connectivity index (χ3v) is 3.65. The SMILES string of the molecule is Brc1ccc(COc2ccccc2C2=NCCN2)cc1. The first kappa shape index (κ1) is 13.2. The van der Waals surface area contributed by atoms with Crippen molar-refractivity contribution in [3.63, 3.8) is 0 Å². The molecule has 2 aromatic carbocycles. The lowest BCUT2D eigenvalue weighted by Crippen LogP contribution is -2.20. The van der Waals surface area contributed by atoms with Crippen molar-refractivity contribution in [2.24, 2.45) is 4.99 Å². The van der Waals surface area contributed by atoms with Gasteiger partial charge in [0.1, 0.15) is 18.2 Å². The summed E-state index contributed by atoms with van der Waals surface area (Å²) in [6.45, 7) is 2.28. The van der Waals surface area contributed by atoms with Gasteiger partial charge in [0, 0.05) is 11.0 Å². The zero-order valence-electron chi connectivity index (χ0n) is 11.0. The molecule has 0 saturated heterocycles. The number of nitrogens with zero attached hydrogens (tertiary/aromatic N) is 1. The lowest BCUT2D eigenvalue weighted by atomic mass is 10.2. The monoisotopic (exact) mass is 330 g/mol. The highest BCUT2D eigenvalue weighted by Gasteiger charge is 2.12. The van der Waals surface area contributed by atoms with E-state index in [0.717, 1.165) is 40.3 Å². The van der Waals surface area contributed by atoms with Crippen LogP contribution in [0, 0.1) is 0 Å². The molecule has 1 aliphatic heterocycles. The molecule has 0 amide bonds. The fourth-order valence-corrected chi connectivity index (χ4v) is 2.37. The molecular weight excluding hydrogens is 316 g/mol. The van der Waals surface area contributed by atoms with Gasteiger partial charge in [-0.25, -0.2) is 0 Å². The van der Waals surface area contributed by atoms with Gasteiger partial charge in [0.05, 0.1) is 12.1 Å². The first-order valence-corrected chi connectivity index (χ1v) is 7.37. The number of aliphatic imine (C=N–C) groups is 1.